The number of ketones is 1. The van der Waals surface area contributed by atoms with Gasteiger partial charge >= 0.3 is 12.1 Å². The molecule has 0 aromatic heterocycles. The van der Waals surface area contributed by atoms with E-state index >= 15 is 0 Å². The number of amides is 1. The fourth-order valence-corrected chi connectivity index (χ4v) is 3.62. The molecule has 0 aliphatic heterocycles. The van der Waals surface area contributed by atoms with Gasteiger partial charge in [0.1, 0.15) is 0 Å². The summed E-state index contributed by atoms with van der Waals surface area (Å²) >= 11 is 9.53. The van der Waals surface area contributed by atoms with Crippen LogP contribution < -0.4 is 10.6 Å². The van der Waals surface area contributed by atoms with E-state index in [4.69, 9.17) is 11.6 Å². The monoisotopic (exact) mass is 524 g/mol. The largest absolute Gasteiger partial charge is 0.471 e. The minimum Gasteiger partial charge on any atom is -0.354 e. The fraction of sp³-hybridized carbons (Fsp3) is 0.130. The molecule has 32 heavy (non-hydrogen) atoms. The number of carbonyl (C=O) groups is 2. The highest BCUT2D eigenvalue weighted by Gasteiger charge is 2.39. The molecule has 0 fully saturated rings. The molecular weight excluding hydrogens is 509 g/mol. The molecule has 3 aromatic carbocycles. The van der Waals surface area contributed by atoms with Crippen LogP contribution in [-0.4, -0.2) is 17.9 Å². The van der Waals surface area contributed by atoms with Gasteiger partial charge in [-0.3, -0.25) is 9.59 Å². The van der Waals surface area contributed by atoms with Crippen molar-refractivity contribution in [3.05, 3.63) is 86.3 Å². The summed E-state index contributed by atoms with van der Waals surface area (Å²) in [5, 5.41) is 4.95. The second-order valence-corrected chi connectivity index (χ2v) is 8.36. The average molecular weight is 526 g/mol. The Morgan fingerprint density at radius 3 is 2.31 bits per heavy atom. The Hall–Kier alpha value is -2.84. The molecule has 0 unspecified atom stereocenters. The summed E-state index contributed by atoms with van der Waals surface area (Å²) in [6.45, 7) is 3.77. The minimum atomic E-state index is -5.03. The molecule has 0 heterocycles. The van der Waals surface area contributed by atoms with Crippen molar-refractivity contribution in [2.75, 3.05) is 10.6 Å². The maximum atomic E-state index is 13.0. The summed E-state index contributed by atoms with van der Waals surface area (Å²) in [6.07, 6.45) is -5.03. The molecule has 0 spiro atoms. The van der Waals surface area contributed by atoms with Crippen LogP contribution in [0.25, 0.3) is 0 Å². The number of carbonyl (C=O) groups excluding carboxylic acids is 2. The Morgan fingerprint density at radius 1 is 0.938 bits per heavy atom. The number of benzene rings is 3. The smallest absolute Gasteiger partial charge is 0.354 e. The van der Waals surface area contributed by atoms with Crippen LogP contribution in [0, 0.1) is 13.8 Å². The number of nitrogens with one attached hydrogen (secondary N) is 2. The van der Waals surface area contributed by atoms with E-state index in [0.717, 1.165) is 11.1 Å². The number of anilines is 3. The zero-order valence-electron chi connectivity index (χ0n) is 16.9. The van der Waals surface area contributed by atoms with Crippen LogP contribution in [0.1, 0.15) is 27.0 Å². The molecule has 0 aliphatic carbocycles. The van der Waals surface area contributed by atoms with Gasteiger partial charge in [0.15, 0.2) is 5.78 Å². The van der Waals surface area contributed by atoms with Crippen molar-refractivity contribution in [1.29, 1.82) is 0 Å². The topological polar surface area (TPSA) is 58.2 Å². The van der Waals surface area contributed by atoms with E-state index in [1.807, 2.05) is 25.2 Å². The average Bonchev–Trinajstić information content (AvgIpc) is 2.71. The lowest BCUT2D eigenvalue weighted by atomic mass is 9.96. The number of hydrogen-bond donors (Lipinski definition) is 2. The Labute approximate surface area is 195 Å². The first-order valence-electron chi connectivity index (χ1n) is 9.32. The molecule has 0 atom stereocenters. The second kappa shape index (κ2) is 9.34. The van der Waals surface area contributed by atoms with E-state index in [-0.39, 0.29) is 22.2 Å². The molecule has 0 saturated carbocycles. The first-order chi connectivity index (χ1) is 15.0. The molecule has 4 nitrogen and oxygen atoms in total. The number of aryl methyl sites for hydroxylation is 1. The van der Waals surface area contributed by atoms with Crippen LogP contribution in [0.15, 0.2) is 59.1 Å². The number of alkyl halides is 3. The number of rotatable bonds is 5. The van der Waals surface area contributed by atoms with Crippen LogP contribution in [0.3, 0.4) is 0 Å². The first-order valence-corrected chi connectivity index (χ1v) is 10.5. The van der Waals surface area contributed by atoms with Gasteiger partial charge in [0.25, 0.3) is 0 Å². The van der Waals surface area contributed by atoms with Gasteiger partial charge in [-0.25, -0.2) is 0 Å². The standard InChI is InChI=1S/C23H17BrClF3N2O2/c1-12-4-3-5-16(13(12)2)21(31)17-8-7-15(11-18(17)25)29-19-9-6-14(24)10-20(19)30-22(32)23(26,27)28/h3-11,29H,1-2H3,(H,30,32). The van der Waals surface area contributed by atoms with Gasteiger partial charge < -0.3 is 10.6 Å². The van der Waals surface area contributed by atoms with E-state index in [1.54, 1.807) is 30.3 Å². The highest BCUT2D eigenvalue weighted by atomic mass is 79.9. The van der Waals surface area contributed by atoms with Gasteiger partial charge in [0, 0.05) is 21.3 Å². The number of halogens is 5. The highest BCUT2D eigenvalue weighted by Crippen LogP contribution is 2.32. The second-order valence-electron chi connectivity index (χ2n) is 7.04. The lowest BCUT2D eigenvalue weighted by molar-refractivity contribution is -0.167. The third-order valence-electron chi connectivity index (χ3n) is 4.83. The van der Waals surface area contributed by atoms with Gasteiger partial charge in [-0.15, -0.1) is 0 Å². The predicted molar refractivity (Wildman–Crippen MR) is 123 cm³/mol. The molecule has 9 heteroatoms. The molecule has 3 aromatic rings. The Bertz CT molecular complexity index is 1210. The lowest BCUT2D eigenvalue weighted by Gasteiger charge is -2.15. The Balaban J connectivity index is 1.89. The van der Waals surface area contributed by atoms with Crippen LogP contribution in [0.5, 0.6) is 0 Å². The molecule has 166 valence electrons. The van der Waals surface area contributed by atoms with Crippen LogP contribution in [-0.2, 0) is 4.79 Å². The maximum Gasteiger partial charge on any atom is 0.471 e. The van der Waals surface area contributed by atoms with E-state index < -0.39 is 12.1 Å². The fourth-order valence-electron chi connectivity index (χ4n) is 3.00. The van der Waals surface area contributed by atoms with Crippen molar-refractivity contribution in [2.24, 2.45) is 0 Å². The van der Waals surface area contributed by atoms with Crippen LogP contribution >= 0.6 is 27.5 Å². The van der Waals surface area contributed by atoms with Crippen molar-refractivity contribution in [3.8, 4) is 0 Å². The van der Waals surface area contributed by atoms with E-state index in [0.29, 0.717) is 21.3 Å². The zero-order valence-corrected chi connectivity index (χ0v) is 19.2. The van der Waals surface area contributed by atoms with Gasteiger partial charge in [-0.05, 0) is 61.4 Å². The third kappa shape index (κ3) is 5.31. The first kappa shape index (κ1) is 23.8. The van der Waals surface area contributed by atoms with Crippen molar-refractivity contribution >= 4 is 56.3 Å². The molecule has 3 rings (SSSR count). The quantitative estimate of drug-likeness (QED) is 0.347. The molecule has 1 amide bonds. The summed E-state index contributed by atoms with van der Waals surface area (Å²) in [5.74, 6) is -2.32. The van der Waals surface area contributed by atoms with Crippen LogP contribution in [0.4, 0.5) is 30.2 Å². The molecular formula is C23H17BrClF3N2O2. The Morgan fingerprint density at radius 2 is 1.66 bits per heavy atom. The highest BCUT2D eigenvalue weighted by molar-refractivity contribution is 9.10. The minimum absolute atomic E-state index is 0.0756. The SMILES string of the molecule is Cc1cccc(C(=O)c2ccc(Nc3ccc(Br)cc3NC(=O)C(F)(F)F)cc2Cl)c1C. The summed E-state index contributed by atoms with van der Waals surface area (Å²) in [4.78, 5) is 24.3. The lowest BCUT2D eigenvalue weighted by Crippen LogP contribution is -2.30. The third-order valence-corrected chi connectivity index (χ3v) is 5.64. The zero-order chi connectivity index (χ0) is 23.6. The van der Waals surface area contributed by atoms with Crippen molar-refractivity contribution in [2.45, 2.75) is 20.0 Å². The van der Waals surface area contributed by atoms with E-state index in [1.165, 1.54) is 18.2 Å². The summed E-state index contributed by atoms with van der Waals surface area (Å²) in [6, 6.07) is 14.5. The predicted octanol–water partition coefficient (Wildman–Crippen LogP) is 7.19. The number of hydrogen-bond acceptors (Lipinski definition) is 3. The van der Waals surface area contributed by atoms with Crippen LogP contribution in [0.2, 0.25) is 5.02 Å². The molecule has 0 bridgehead atoms. The normalized spacial score (nSPS) is 11.2. The van der Waals surface area contributed by atoms with Crippen molar-refractivity contribution < 1.29 is 22.8 Å². The van der Waals surface area contributed by atoms with Crippen molar-refractivity contribution in [3.63, 3.8) is 0 Å². The molecule has 0 aliphatic rings. The summed E-state index contributed by atoms with van der Waals surface area (Å²) in [7, 11) is 0. The molecule has 2 N–H and O–H groups in total. The van der Waals surface area contributed by atoms with E-state index in [2.05, 4.69) is 21.2 Å². The van der Waals surface area contributed by atoms with Crippen molar-refractivity contribution in [1.82, 2.24) is 0 Å². The van der Waals surface area contributed by atoms with E-state index in [9.17, 15) is 22.8 Å². The van der Waals surface area contributed by atoms with Gasteiger partial charge in [-0.1, -0.05) is 45.7 Å². The summed E-state index contributed by atoms with van der Waals surface area (Å²) < 4.78 is 38.5. The van der Waals surface area contributed by atoms with Gasteiger partial charge in [-0.2, -0.15) is 13.2 Å². The molecule has 0 saturated heterocycles. The maximum absolute atomic E-state index is 13.0. The van der Waals surface area contributed by atoms with Gasteiger partial charge in [0.05, 0.1) is 16.4 Å². The Kier molecular flexibility index (Phi) is 6.95. The molecule has 0 radical (unpaired) electrons. The van der Waals surface area contributed by atoms with Gasteiger partial charge in [0.2, 0.25) is 0 Å². The summed E-state index contributed by atoms with van der Waals surface area (Å²) in [5.41, 5.74) is 3.25.